The third kappa shape index (κ3) is 6.88. The van der Waals surface area contributed by atoms with Crippen molar-refractivity contribution in [2.75, 3.05) is 5.32 Å². The van der Waals surface area contributed by atoms with Gasteiger partial charge in [-0.2, -0.15) is 0 Å². The number of amides is 2. The van der Waals surface area contributed by atoms with Crippen LogP contribution in [0.2, 0.25) is 0 Å². The highest BCUT2D eigenvalue weighted by Gasteiger charge is 2.18. The molecule has 0 unspecified atom stereocenters. The molecule has 6 aromatic rings. The number of rotatable bonds is 10. The lowest BCUT2D eigenvalue weighted by atomic mass is 10.2. The van der Waals surface area contributed by atoms with E-state index in [1.54, 1.807) is 36.3 Å². The van der Waals surface area contributed by atoms with Crippen molar-refractivity contribution in [1.82, 2.24) is 14.9 Å². The zero-order valence-corrected chi connectivity index (χ0v) is 24.6. The van der Waals surface area contributed by atoms with Crippen LogP contribution in [0.4, 0.5) is 10.1 Å². The van der Waals surface area contributed by atoms with Crippen molar-refractivity contribution in [2.45, 2.75) is 23.7 Å². The summed E-state index contributed by atoms with van der Waals surface area (Å²) in [4.78, 5) is 31.8. The largest absolute Gasteiger partial charge is 0.347 e. The molecule has 0 aliphatic rings. The Balaban J connectivity index is 1.26. The van der Waals surface area contributed by atoms with Gasteiger partial charge in [0.1, 0.15) is 11.5 Å². The van der Waals surface area contributed by atoms with Crippen LogP contribution < -0.4 is 10.6 Å². The molecule has 0 aliphatic heterocycles. The molecule has 0 bridgehead atoms. The van der Waals surface area contributed by atoms with E-state index in [1.807, 2.05) is 83.4 Å². The first-order valence-corrected chi connectivity index (χ1v) is 15.1. The lowest BCUT2D eigenvalue weighted by Crippen LogP contribution is -2.25. The maximum atomic E-state index is 14.0. The van der Waals surface area contributed by atoms with Gasteiger partial charge in [-0.05, 0) is 77.4 Å². The molecular formula is C36H29FN4O2S. The van der Waals surface area contributed by atoms with Crippen LogP contribution >= 0.6 is 11.8 Å². The monoisotopic (exact) mass is 600 g/mol. The zero-order valence-electron chi connectivity index (χ0n) is 23.7. The summed E-state index contributed by atoms with van der Waals surface area (Å²) in [6, 6.07) is 35.1. The minimum absolute atomic E-state index is 0.213. The van der Waals surface area contributed by atoms with Gasteiger partial charge in [0.05, 0.1) is 5.56 Å². The molecule has 4 aromatic carbocycles. The number of hydrogen-bond acceptors (Lipinski definition) is 4. The molecule has 2 heterocycles. The van der Waals surface area contributed by atoms with Gasteiger partial charge in [-0.1, -0.05) is 54.6 Å². The van der Waals surface area contributed by atoms with E-state index in [0.29, 0.717) is 30.0 Å². The lowest BCUT2D eigenvalue weighted by molar-refractivity contribution is 0.0941. The predicted molar refractivity (Wildman–Crippen MR) is 173 cm³/mol. The van der Waals surface area contributed by atoms with Crippen molar-refractivity contribution in [3.05, 3.63) is 161 Å². The van der Waals surface area contributed by atoms with E-state index in [2.05, 4.69) is 27.8 Å². The Hall–Kier alpha value is -5.21. The summed E-state index contributed by atoms with van der Waals surface area (Å²) in [6.45, 7) is 0.642. The summed E-state index contributed by atoms with van der Waals surface area (Å²) < 4.78 is 15.9. The smallest absolute Gasteiger partial charge is 0.268 e. The van der Waals surface area contributed by atoms with Crippen molar-refractivity contribution < 1.29 is 14.0 Å². The number of carbonyl (C=O) groups is 2. The van der Waals surface area contributed by atoms with E-state index in [-0.39, 0.29) is 17.6 Å². The third-order valence-electron chi connectivity index (χ3n) is 7.19. The second kappa shape index (κ2) is 13.4. The van der Waals surface area contributed by atoms with Crippen LogP contribution in [-0.4, -0.2) is 21.4 Å². The summed E-state index contributed by atoms with van der Waals surface area (Å²) >= 11 is 1.62. The van der Waals surface area contributed by atoms with Gasteiger partial charge in [0.2, 0.25) is 0 Å². The Labute approximate surface area is 259 Å². The van der Waals surface area contributed by atoms with Gasteiger partial charge >= 0.3 is 0 Å². The first-order chi connectivity index (χ1) is 21.5. The highest BCUT2D eigenvalue weighted by atomic mass is 32.2. The van der Waals surface area contributed by atoms with Crippen molar-refractivity contribution in [1.29, 1.82) is 0 Å². The van der Waals surface area contributed by atoms with Crippen LogP contribution in [0, 0.1) is 5.82 Å². The van der Waals surface area contributed by atoms with Crippen LogP contribution in [0.3, 0.4) is 0 Å². The van der Waals surface area contributed by atoms with E-state index >= 15 is 0 Å². The minimum Gasteiger partial charge on any atom is -0.347 e. The van der Waals surface area contributed by atoms with E-state index < -0.39 is 0 Å². The van der Waals surface area contributed by atoms with Gasteiger partial charge in [-0.15, -0.1) is 11.8 Å². The second-order valence-electron chi connectivity index (χ2n) is 10.3. The minimum atomic E-state index is -0.338. The number of halogens is 1. The van der Waals surface area contributed by atoms with Crippen molar-refractivity contribution in [2.24, 2.45) is 0 Å². The van der Waals surface area contributed by atoms with E-state index in [0.717, 1.165) is 32.7 Å². The number of benzene rings is 4. The number of hydrogen-bond donors (Lipinski definition) is 2. The molecular weight excluding hydrogens is 571 g/mol. The number of carbonyl (C=O) groups excluding carboxylic acids is 2. The van der Waals surface area contributed by atoms with Crippen LogP contribution in [0.1, 0.15) is 37.5 Å². The SMILES string of the molecule is O=C(Nc1ccc2c(c1)cc(C(=O)NCc1ccncc1)n2Cc1cccc(F)c1)c1ccccc1SCc1ccccc1. The number of thioether (sulfide) groups is 1. The Bertz CT molecular complexity index is 1930. The Kier molecular flexibility index (Phi) is 8.80. The zero-order chi connectivity index (χ0) is 30.3. The number of nitrogens with zero attached hydrogens (tertiary/aromatic N) is 2. The van der Waals surface area contributed by atoms with E-state index in [4.69, 9.17) is 0 Å². The van der Waals surface area contributed by atoms with Gasteiger partial charge in [-0.3, -0.25) is 14.6 Å². The van der Waals surface area contributed by atoms with Crippen molar-refractivity contribution >= 4 is 40.2 Å². The standard InChI is InChI=1S/C36H29FN4O2S/c37-29-10-6-9-27(19-29)23-41-32-14-13-30(20-28(32)21-33(41)36(43)39-22-25-15-17-38-18-16-25)40-35(42)31-11-4-5-12-34(31)44-24-26-7-2-1-3-8-26/h1-21H,22-24H2,(H,39,43)(H,40,42). The van der Waals surface area contributed by atoms with Crippen molar-refractivity contribution in [3.8, 4) is 0 Å². The Morgan fingerprint density at radius 1 is 0.750 bits per heavy atom. The molecule has 2 amide bonds. The number of aromatic nitrogens is 2. The van der Waals surface area contributed by atoms with Crippen molar-refractivity contribution in [3.63, 3.8) is 0 Å². The van der Waals surface area contributed by atoms with Gasteiger partial charge in [0.15, 0.2) is 0 Å². The van der Waals surface area contributed by atoms with Crippen LogP contribution in [-0.2, 0) is 18.8 Å². The number of nitrogens with one attached hydrogen (secondary N) is 2. The van der Waals surface area contributed by atoms with Crippen LogP contribution in [0.25, 0.3) is 10.9 Å². The Morgan fingerprint density at radius 3 is 2.34 bits per heavy atom. The molecule has 6 nitrogen and oxygen atoms in total. The highest BCUT2D eigenvalue weighted by Crippen LogP contribution is 2.29. The van der Waals surface area contributed by atoms with E-state index in [1.165, 1.54) is 17.7 Å². The topological polar surface area (TPSA) is 76.0 Å². The molecule has 2 aromatic heterocycles. The van der Waals surface area contributed by atoms with Crippen LogP contribution in [0.15, 0.2) is 133 Å². The number of fused-ring (bicyclic) bond motifs is 1. The molecule has 0 saturated carbocycles. The molecule has 0 saturated heterocycles. The molecule has 8 heteroatoms. The first kappa shape index (κ1) is 28.9. The molecule has 6 rings (SSSR count). The molecule has 218 valence electrons. The second-order valence-corrected chi connectivity index (χ2v) is 11.3. The quantitative estimate of drug-likeness (QED) is 0.158. The third-order valence-corrected chi connectivity index (χ3v) is 8.34. The maximum Gasteiger partial charge on any atom is 0.268 e. The lowest BCUT2D eigenvalue weighted by Gasteiger charge is -2.12. The summed E-state index contributed by atoms with van der Waals surface area (Å²) in [5.74, 6) is -0.0590. The van der Waals surface area contributed by atoms with Gasteiger partial charge in [-0.25, -0.2) is 4.39 Å². The van der Waals surface area contributed by atoms with Gasteiger partial charge < -0.3 is 15.2 Å². The molecule has 0 radical (unpaired) electrons. The first-order valence-electron chi connectivity index (χ1n) is 14.2. The summed E-state index contributed by atoms with van der Waals surface area (Å²) in [5, 5.41) is 6.79. The average molecular weight is 601 g/mol. The molecule has 2 N–H and O–H groups in total. The maximum absolute atomic E-state index is 14.0. The fraction of sp³-hybridized carbons (Fsp3) is 0.0833. The molecule has 0 fully saturated rings. The summed E-state index contributed by atoms with van der Waals surface area (Å²) in [6.07, 6.45) is 3.36. The van der Waals surface area contributed by atoms with Gasteiger partial charge in [0.25, 0.3) is 11.8 Å². The number of anilines is 1. The Morgan fingerprint density at radius 2 is 1.52 bits per heavy atom. The molecule has 44 heavy (non-hydrogen) atoms. The highest BCUT2D eigenvalue weighted by molar-refractivity contribution is 7.98. The molecule has 0 spiro atoms. The summed E-state index contributed by atoms with van der Waals surface area (Å²) in [7, 11) is 0. The molecule has 0 aliphatic carbocycles. The molecule has 0 atom stereocenters. The van der Waals surface area contributed by atoms with Crippen LogP contribution in [0.5, 0.6) is 0 Å². The normalized spacial score (nSPS) is 10.9. The fourth-order valence-corrected chi connectivity index (χ4v) is 6.02. The fourth-order valence-electron chi connectivity index (χ4n) is 5.01. The average Bonchev–Trinajstić information content (AvgIpc) is 3.41. The predicted octanol–water partition coefficient (Wildman–Crippen LogP) is 7.70. The van der Waals surface area contributed by atoms with Gasteiger partial charge in [0, 0.05) is 52.7 Å². The van der Waals surface area contributed by atoms with E-state index in [9.17, 15) is 14.0 Å². The number of pyridine rings is 1. The summed E-state index contributed by atoms with van der Waals surface area (Å²) in [5.41, 5.74) is 5.26.